The van der Waals surface area contributed by atoms with Crippen LogP contribution in [0.3, 0.4) is 0 Å². The number of carbonyl (C=O) groups is 2. The second-order valence-electron chi connectivity index (χ2n) is 12.1. The summed E-state index contributed by atoms with van der Waals surface area (Å²) in [6.07, 6.45) is 9.05. The standard InChI is InChI=1S/C27H58N2O5Si2/c1-24(35(4,5)23-15-20-29-26(33)17-11-9-13-22-31)34-36(6,7)27(2,3)18-14-19-28-25(32)16-10-8-12-21-30/h24,30-31H,8-23H2,1-7H3,(H,28,32)(H,29,33). The van der Waals surface area contributed by atoms with Crippen LogP contribution in [0, 0.1) is 0 Å². The van der Waals surface area contributed by atoms with Crippen LogP contribution in [0.2, 0.25) is 37.3 Å². The molecule has 2 amide bonds. The number of carbonyl (C=O) groups excluding carboxylic acids is 2. The molecule has 7 nitrogen and oxygen atoms in total. The van der Waals surface area contributed by atoms with Gasteiger partial charge in [0.2, 0.25) is 11.8 Å². The van der Waals surface area contributed by atoms with E-state index in [-0.39, 0.29) is 35.8 Å². The molecule has 4 N–H and O–H groups in total. The van der Waals surface area contributed by atoms with Gasteiger partial charge in [0.1, 0.15) is 0 Å². The fourth-order valence-corrected chi connectivity index (χ4v) is 9.76. The molecular formula is C27H58N2O5Si2. The van der Waals surface area contributed by atoms with E-state index in [1.54, 1.807) is 0 Å². The molecule has 1 atom stereocenters. The van der Waals surface area contributed by atoms with E-state index in [4.69, 9.17) is 14.6 Å². The predicted octanol–water partition coefficient (Wildman–Crippen LogP) is 5.13. The largest absolute Gasteiger partial charge is 0.417 e. The van der Waals surface area contributed by atoms with Crippen molar-refractivity contribution in [2.24, 2.45) is 0 Å². The Bertz CT molecular complexity index is 615. The minimum atomic E-state index is -1.99. The van der Waals surface area contributed by atoms with Gasteiger partial charge in [-0.3, -0.25) is 9.59 Å². The van der Waals surface area contributed by atoms with Gasteiger partial charge in [-0.2, -0.15) is 0 Å². The molecule has 0 saturated heterocycles. The Morgan fingerprint density at radius 1 is 0.778 bits per heavy atom. The third kappa shape index (κ3) is 15.5. The third-order valence-electron chi connectivity index (χ3n) is 7.95. The molecule has 0 aliphatic rings. The number of aliphatic hydroxyl groups excluding tert-OH is 2. The maximum atomic E-state index is 12.0. The molecule has 0 aromatic carbocycles. The number of rotatable bonds is 22. The van der Waals surface area contributed by atoms with Crippen LogP contribution in [0.25, 0.3) is 0 Å². The molecule has 0 rings (SSSR count). The lowest BCUT2D eigenvalue weighted by Crippen LogP contribution is -2.52. The summed E-state index contributed by atoms with van der Waals surface area (Å²) in [5, 5.41) is 23.8. The second-order valence-corrected chi connectivity index (χ2v) is 22.0. The smallest absolute Gasteiger partial charge is 0.219 e. The highest BCUT2D eigenvalue weighted by Gasteiger charge is 2.44. The summed E-state index contributed by atoms with van der Waals surface area (Å²) in [6.45, 7) is 18.1. The molecule has 9 heteroatoms. The van der Waals surface area contributed by atoms with Crippen LogP contribution in [-0.2, 0) is 14.0 Å². The summed E-state index contributed by atoms with van der Waals surface area (Å²) in [7, 11) is -3.60. The van der Waals surface area contributed by atoms with Crippen molar-refractivity contribution in [3.8, 4) is 0 Å². The van der Waals surface area contributed by atoms with Crippen molar-refractivity contribution in [1.82, 2.24) is 10.6 Å². The monoisotopic (exact) mass is 546 g/mol. The first kappa shape index (κ1) is 35.3. The van der Waals surface area contributed by atoms with E-state index in [0.717, 1.165) is 70.4 Å². The van der Waals surface area contributed by atoms with E-state index in [9.17, 15) is 9.59 Å². The van der Waals surface area contributed by atoms with Crippen molar-refractivity contribution >= 4 is 28.2 Å². The number of nitrogens with one attached hydrogen (secondary N) is 2. The topological polar surface area (TPSA) is 108 Å². The second kappa shape index (κ2) is 18.5. The minimum Gasteiger partial charge on any atom is -0.417 e. The zero-order valence-corrected chi connectivity index (χ0v) is 26.5. The number of amides is 2. The van der Waals surface area contributed by atoms with Crippen LogP contribution in [0.4, 0.5) is 0 Å². The summed E-state index contributed by atoms with van der Waals surface area (Å²) in [5.41, 5.74) is 0.256. The lowest BCUT2D eigenvalue weighted by Gasteiger charge is -2.44. The Morgan fingerprint density at radius 3 is 1.72 bits per heavy atom. The molecule has 0 saturated carbocycles. The lowest BCUT2D eigenvalue weighted by molar-refractivity contribution is -0.122. The van der Waals surface area contributed by atoms with Crippen LogP contribution in [0.5, 0.6) is 0 Å². The van der Waals surface area contributed by atoms with Crippen molar-refractivity contribution in [2.75, 3.05) is 26.3 Å². The van der Waals surface area contributed by atoms with E-state index in [2.05, 4.69) is 57.6 Å². The number of unbranched alkanes of at least 4 members (excludes halogenated alkanes) is 4. The van der Waals surface area contributed by atoms with E-state index < -0.39 is 16.4 Å². The highest BCUT2D eigenvalue weighted by atomic mass is 28.4. The Morgan fingerprint density at radius 2 is 1.25 bits per heavy atom. The molecule has 36 heavy (non-hydrogen) atoms. The van der Waals surface area contributed by atoms with Crippen molar-refractivity contribution in [2.45, 2.75) is 134 Å². The molecule has 0 spiro atoms. The number of hydrogen-bond acceptors (Lipinski definition) is 5. The van der Waals surface area contributed by atoms with Crippen LogP contribution >= 0.6 is 0 Å². The van der Waals surface area contributed by atoms with Gasteiger partial charge in [-0.05, 0) is 70.0 Å². The van der Waals surface area contributed by atoms with Crippen molar-refractivity contribution in [1.29, 1.82) is 0 Å². The van der Waals surface area contributed by atoms with Crippen LogP contribution in [0.15, 0.2) is 0 Å². The normalized spacial score (nSPS) is 13.5. The molecule has 0 aliphatic heterocycles. The molecule has 0 bridgehead atoms. The van der Waals surface area contributed by atoms with Gasteiger partial charge in [0, 0.05) is 44.9 Å². The Hall–Kier alpha value is -0.746. The molecule has 0 heterocycles. The Kier molecular flexibility index (Phi) is 18.1. The van der Waals surface area contributed by atoms with Gasteiger partial charge >= 0.3 is 0 Å². The fraction of sp³-hybridized carbons (Fsp3) is 0.926. The van der Waals surface area contributed by atoms with Gasteiger partial charge in [-0.1, -0.05) is 45.8 Å². The first-order valence-electron chi connectivity index (χ1n) is 14.2. The van der Waals surface area contributed by atoms with E-state index >= 15 is 0 Å². The van der Waals surface area contributed by atoms with Crippen LogP contribution in [-0.4, -0.2) is 70.4 Å². The molecule has 0 aromatic rings. The third-order valence-corrected chi connectivity index (χ3v) is 16.6. The average molecular weight is 547 g/mol. The first-order chi connectivity index (χ1) is 16.8. The Balaban J connectivity index is 4.39. The van der Waals surface area contributed by atoms with Crippen molar-refractivity contribution in [3.05, 3.63) is 0 Å². The maximum Gasteiger partial charge on any atom is 0.219 e. The average Bonchev–Trinajstić information content (AvgIpc) is 2.79. The van der Waals surface area contributed by atoms with Gasteiger partial charge in [0.15, 0.2) is 8.32 Å². The lowest BCUT2D eigenvalue weighted by atomic mass is 10.1. The highest BCUT2D eigenvalue weighted by Crippen LogP contribution is 2.43. The maximum absolute atomic E-state index is 12.0. The van der Waals surface area contributed by atoms with Gasteiger partial charge < -0.3 is 25.3 Å². The van der Waals surface area contributed by atoms with Crippen LogP contribution < -0.4 is 10.6 Å². The Labute approximate surface area is 223 Å². The molecule has 0 fully saturated rings. The summed E-state index contributed by atoms with van der Waals surface area (Å²) in [6, 6.07) is 1.12. The highest BCUT2D eigenvalue weighted by molar-refractivity contribution is 6.81. The van der Waals surface area contributed by atoms with Gasteiger partial charge in [-0.15, -0.1) is 0 Å². The molecule has 0 aliphatic carbocycles. The molecule has 214 valence electrons. The minimum absolute atomic E-state index is 0.0988. The van der Waals surface area contributed by atoms with Crippen molar-refractivity contribution in [3.63, 3.8) is 0 Å². The van der Waals surface area contributed by atoms with Gasteiger partial charge in [0.25, 0.3) is 0 Å². The summed E-state index contributed by atoms with van der Waals surface area (Å²) < 4.78 is 6.86. The van der Waals surface area contributed by atoms with Gasteiger partial charge in [0.05, 0.1) is 8.07 Å². The molecule has 1 unspecified atom stereocenters. The van der Waals surface area contributed by atoms with Crippen LogP contribution in [0.1, 0.15) is 91.4 Å². The predicted molar refractivity (Wildman–Crippen MR) is 155 cm³/mol. The van der Waals surface area contributed by atoms with E-state index in [0.29, 0.717) is 19.4 Å². The molecule has 0 radical (unpaired) electrons. The van der Waals surface area contributed by atoms with E-state index in [1.165, 1.54) is 0 Å². The zero-order valence-electron chi connectivity index (χ0n) is 24.5. The zero-order chi connectivity index (χ0) is 27.7. The molecular weight excluding hydrogens is 488 g/mol. The van der Waals surface area contributed by atoms with Crippen molar-refractivity contribution < 1.29 is 24.2 Å². The quantitative estimate of drug-likeness (QED) is 0.111. The van der Waals surface area contributed by atoms with E-state index in [1.807, 2.05) is 0 Å². The SMILES string of the molecule is CC(O[Si](C)(C)C(C)(C)CCCNC(=O)CCCCCO)[Si](C)(C)CCCNC(=O)CCCCCO. The summed E-state index contributed by atoms with van der Waals surface area (Å²) in [4.78, 5) is 23.9. The van der Waals surface area contributed by atoms with Gasteiger partial charge in [-0.25, -0.2) is 0 Å². The fourth-order valence-electron chi connectivity index (χ4n) is 4.12. The number of aliphatic hydroxyl groups is 2. The first-order valence-corrected chi connectivity index (χ1v) is 20.4. The molecule has 0 aromatic heterocycles. The summed E-state index contributed by atoms with van der Waals surface area (Å²) in [5.74, 6) is 0.225. The number of hydrogen-bond donors (Lipinski definition) is 4. The summed E-state index contributed by atoms with van der Waals surface area (Å²) >= 11 is 0.